The molecule has 6 heteroatoms. The number of nitrogens with one attached hydrogen (secondary N) is 1. The second kappa shape index (κ2) is 8.74. The fourth-order valence-electron chi connectivity index (χ4n) is 4.04. The highest BCUT2D eigenvalue weighted by Crippen LogP contribution is 2.27. The van der Waals surface area contributed by atoms with Gasteiger partial charge in [0, 0.05) is 37.8 Å². The summed E-state index contributed by atoms with van der Waals surface area (Å²) in [5, 5.41) is 3.07. The molecule has 6 nitrogen and oxygen atoms in total. The summed E-state index contributed by atoms with van der Waals surface area (Å²) in [5.41, 5.74) is 0.812. The Kier molecular flexibility index (Phi) is 6.37. The minimum absolute atomic E-state index is 0.00165. The Labute approximate surface area is 161 Å². The van der Waals surface area contributed by atoms with E-state index in [1.165, 1.54) is 12.8 Å². The third-order valence-corrected chi connectivity index (χ3v) is 5.76. The zero-order valence-corrected chi connectivity index (χ0v) is 16.6. The van der Waals surface area contributed by atoms with E-state index in [0.717, 1.165) is 30.4 Å². The van der Waals surface area contributed by atoms with E-state index in [1.807, 2.05) is 24.3 Å². The van der Waals surface area contributed by atoms with Crippen molar-refractivity contribution in [2.24, 2.45) is 11.8 Å². The highest BCUT2D eigenvalue weighted by atomic mass is 16.5. The van der Waals surface area contributed by atoms with Crippen molar-refractivity contribution in [3.63, 3.8) is 0 Å². The Morgan fingerprint density at radius 3 is 2.70 bits per heavy atom. The molecule has 0 radical (unpaired) electrons. The normalized spacial score (nSPS) is 24.7. The zero-order chi connectivity index (χ0) is 19.4. The Morgan fingerprint density at radius 1 is 1.30 bits per heavy atom. The number of rotatable bonds is 6. The number of piperidine rings is 1. The molecule has 27 heavy (non-hydrogen) atoms. The summed E-state index contributed by atoms with van der Waals surface area (Å²) >= 11 is 0. The smallest absolute Gasteiger partial charge is 0.227 e. The topological polar surface area (TPSA) is 61.9 Å². The number of carbonyl (C=O) groups is 2. The molecule has 2 aliphatic rings. The first-order chi connectivity index (χ1) is 13.0. The number of methoxy groups -OCH3 is 1. The maximum absolute atomic E-state index is 12.6. The first-order valence-electron chi connectivity index (χ1n) is 9.94. The molecule has 0 aromatic heterocycles. The first kappa shape index (κ1) is 19.7. The van der Waals surface area contributed by atoms with Gasteiger partial charge in [0.15, 0.2) is 0 Å². The van der Waals surface area contributed by atoms with Crippen molar-refractivity contribution >= 4 is 17.5 Å². The van der Waals surface area contributed by atoms with Crippen LogP contribution in [-0.2, 0) is 9.59 Å². The molecule has 148 valence electrons. The number of likely N-dealkylation sites (tertiary alicyclic amines) is 1. The van der Waals surface area contributed by atoms with Crippen LogP contribution in [0.4, 0.5) is 5.69 Å². The molecule has 3 atom stereocenters. The van der Waals surface area contributed by atoms with E-state index in [-0.39, 0.29) is 24.2 Å². The first-order valence-corrected chi connectivity index (χ1v) is 9.94. The summed E-state index contributed by atoms with van der Waals surface area (Å²) in [7, 11) is 1.61. The monoisotopic (exact) mass is 373 g/mol. The second-order valence-electron chi connectivity index (χ2n) is 7.94. The molecule has 2 saturated heterocycles. The highest BCUT2D eigenvalue weighted by molar-refractivity contribution is 6.00. The lowest BCUT2D eigenvalue weighted by Crippen LogP contribution is -2.47. The maximum atomic E-state index is 12.6. The predicted octanol–water partition coefficient (Wildman–Crippen LogP) is 2.28. The lowest BCUT2D eigenvalue weighted by molar-refractivity contribution is -0.126. The van der Waals surface area contributed by atoms with Gasteiger partial charge in [-0.1, -0.05) is 6.92 Å². The van der Waals surface area contributed by atoms with E-state index in [4.69, 9.17) is 4.74 Å². The number of ether oxygens (including phenoxy) is 1. The van der Waals surface area contributed by atoms with Crippen LogP contribution in [0, 0.1) is 11.8 Å². The fourth-order valence-corrected chi connectivity index (χ4v) is 4.04. The third kappa shape index (κ3) is 4.80. The molecule has 3 unspecified atom stereocenters. The molecule has 2 fully saturated rings. The van der Waals surface area contributed by atoms with E-state index in [1.54, 1.807) is 12.0 Å². The van der Waals surface area contributed by atoms with Crippen molar-refractivity contribution in [3.05, 3.63) is 24.3 Å². The van der Waals surface area contributed by atoms with Crippen molar-refractivity contribution in [1.82, 2.24) is 10.2 Å². The Morgan fingerprint density at radius 2 is 2.04 bits per heavy atom. The maximum Gasteiger partial charge on any atom is 0.227 e. The summed E-state index contributed by atoms with van der Waals surface area (Å²) in [6.07, 6.45) is 2.79. The van der Waals surface area contributed by atoms with Crippen molar-refractivity contribution in [3.8, 4) is 5.75 Å². The molecule has 2 heterocycles. The molecule has 2 aliphatic heterocycles. The number of benzene rings is 1. The van der Waals surface area contributed by atoms with Gasteiger partial charge in [-0.15, -0.1) is 0 Å². The zero-order valence-electron chi connectivity index (χ0n) is 16.6. The SMILES string of the molecule is COc1ccc(N2CC(C(=O)NCC(C)N3CCCC(C)C3)CC2=O)cc1. The van der Waals surface area contributed by atoms with Gasteiger partial charge in [0.25, 0.3) is 0 Å². The van der Waals surface area contributed by atoms with Crippen LogP contribution in [0.25, 0.3) is 0 Å². The Balaban J connectivity index is 1.51. The summed E-state index contributed by atoms with van der Waals surface area (Å²) < 4.78 is 5.16. The van der Waals surface area contributed by atoms with E-state index < -0.39 is 0 Å². The van der Waals surface area contributed by atoms with Gasteiger partial charge in [0.05, 0.1) is 13.0 Å². The van der Waals surface area contributed by atoms with Crippen molar-refractivity contribution in [2.45, 2.75) is 39.2 Å². The number of amides is 2. The van der Waals surface area contributed by atoms with Gasteiger partial charge in [0.1, 0.15) is 5.75 Å². The minimum Gasteiger partial charge on any atom is -0.497 e. The number of hydrogen-bond donors (Lipinski definition) is 1. The van der Waals surface area contributed by atoms with E-state index >= 15 is 0 Å². The van der Waals surface area contributed by atoms with Gasteiger partial charge in [-0.3, -0.25) is 14.5 Å². The van der Waals surface area contributed by atoms with Crippen LogP contribution in [0.1, 0.15) is 33.1 Å². The minimum atomic E-state index is -0.285. The average molecular weight is 373 g/mol. The number of carbonyl (C=O) groups excluding carboxylic acids is 2. The van der Waals surface area contributed by atoms with Crippen LogP contribution in [0.15, 0.2) is 24.3 Å². The highest BCUT2D eigenvalue weighted by Gasteiger charge is 2.35. The van der Waals surface area contributed by atoms with E-state index in [9.17, 15) is 9.59 Å². The van der Waals surface area contributed by atoms with Gasteiger partial charge >= 0.3 is 0 Å². The van der Waals surface area contributed by atoms with Crippen LogP contribution in [0.3, 0.4) is 0 Å². The van der Waals surface area contributed by atoms with Crippen LogP contribution >= 0.6 is 0 Å². The Hall–Kier alpha value is -2.08. The van der Waals surface area contributed by atoms with Gasteiger partial charge in [-0.25, -0.2) is 0 Å². The fraction of sp³-hybridized carbons (Fsp3) is 0.619. The van der Waals surface area contributed by atoms with Crippen molar-refractivity contribution in [2.75, 3.05) is 38.2 Å². The van der Waals surface area contributed by atoms with Gasteiger partial charge in [-0.2, -0.15) is 0 Å². The van der Waals surface area contributed by atoms with Crippen molar-refractivity contribution in [1.29, 1.82) is 0 Å². The summed E-state index contributed by atoms with van der Waals surface area (Å²) in [6.45, 7) is 7.74. The molecule has 0 bridgehead atoms. The standard InChI is InChI=1S/C21H31N3O3/c1-15-5-4-10-23(13-15)16(2)12-22-21(26)17-11-20(25)24(14-17)18-6-8-19(27-3)9-7-18/h6-9,15-17H,4-5,10-14H2,1-3H3,(H,22,26). The van der Waals surface area contributed by atoms with Crippen LogP contribution in [0.5, 0.6) is 5.75 Å². The Bertz CT molecular complexity index is 661. The van der Waals surface area contributed by atoms with E-state index in [0.29, 0.717) is 19.1 Å². The molecule has 2 amide bonds. The molecular formula is C21H31N3O3. The number of hydrogen-bond acceptors (Lipinski definition) is 4. The number of anilines is 1. The molecule has 0 saturated carbocycles. The average Bonchev–Trinajstić information content (AvgIpc) is 3.07. The summed E-state index contributed by atoms with van der Waals surface area (Å²) in [6, 6.07) is 7.70. The number of nitrogens with zero attached hydrogens (tertiary/aromatic N) is 2. The van der Waals surface area contributed by atoms with E-state index in [2.05, 4.69) is 24.1 Å². The molecule has 1 aromatic carbocycles. The van der Waals surface area contributed by atoms with Gasteiger partial charge in [0.2, 0.25) is 11.8 Å². The lowest BCUT2D eigenvalue weighted by Gasteiger charge is -2.35. The van der Waals surface area contributed by atoms with Crippen LogP contribution < -0.4 is 15.0 Å². The second-order valence-corrected chi connectivity index (χ2v) is 7.94. The predicted molar refractivity (Wildman–Crippen MR) is 106 cm³/mol. The molecule has 3 rings (SSSR count). The van der Waals surface area contributed by atoms with Gasteiger partial charge in [-0.05, 0) is 56.5 Å². The van der Waals surface area contributed by atoms with Crippen LogP contribution in [-0.4, -0.2) is 56.0 Å². The molecule has 0 aliphatic carbocycles. The quantitative estimate of drug-likeness (QED) is 0.831. The summed E-state index contributed by atoms with van der Waals surface area (Å²) in [5.74, 6) is 1.17. The third-order valence-electron chi connectivity index (χ3n) is 5.76. The van der Waals surface area contributed by atoms with Crippen molar-refractivity contribution < 1.29 is 14.3 Å². The lowest BCUT2D eigenvalue weighted by atomic mass is 9.99. The summed E-state index contributed by atoms with van der Waals surface area (Å²) in [4.78, 5) is 29.1. The van der Waals surface area contributed by atoms with Crippen LogP contribution in [0.2, 0.25) is 0 Å². The largest absolute Gasteiger partial charge is 0.497 e. The molecular weight excluding hydrogens is 342 g/mol. The van der Waals surface area contributed by atoms with Gasteiger partial charge < -0.3 is 15.0 Å². The molecule has 1 aromatic rings. The molecule has 0 spiro atoms. The molecule has 1 N–H and O–H groups in total.